The molecule has 0 radical (unpaired) electrons. The summed E-state index contributed by atoms with van der Waals surface area (Å²) in [5.74, 6) is -2.04. The minimum Gasteiger partial charge on any atom is -0.491 e. The molecule has 0 unspecified atom stereocenters. The number of pyridine rings is 1. The fraction of sp³-hybridized carbons (Fsp3) is 0.250. The normalized spacial score (nSPS) is 10.4. The van der Waals surface area contributed by atoms with Crippen LogP contribution in [0, 0.1) is 0 Å². The zero-order valence-electron chi connectivity index (χ0n) is 7.58. The molecule has 5 nitrogen and oxygen atoms in total. The topological polar surface area (TPSA) is 79.4 Å². The molecule has 15 heavy (non-hydrogen) atoms. The molecule has 1 aromatic rings. The number of aromatic nitrogens is 1. The average Bonchev–Trinajstić information content (AvgIpc) is 2.16. The van der Waals surface area contributed by atoms with Gasteiger partial charge in [0.25, 0.3) is 6.43 Å². The third kappa shape index (κ3) is 1.95. The predicted octanol–water partition coefficient (Wildman–Crippen LogP) is 1.02. The van der Waals surface area contributed by atoms with Crippen molar-refractivity contribution in [1.82, 2.24) is 4.98 Å². The van der Waals surface area contributed by atoms with Crippen molar-refractivity contribution in [2.75, 3.05) is 7.11 Å². The third-order valence-electron chi connectivity index (χ3n) is 1.73. The number of carboxylic acid groups (broad SMARTS) is 1. The molecule has 7 heteroatoms. The van der Waals surface area contributed by atoms with Crippen LogP contribution in [0.25, 0.3) is 0 Å². The van der Waals surface area contributed by atoms with Gasteiger partial charge in [0.15, 0.2) is 5.75 Å². The van der Waals surface area contributed by atoms with Gasteiger partial charge in [-0.2, -0.15) is 0 Å². The van der Waals surface area contributed by atoms with Crippen molar-refractivity contribution < 1.29 is 23.4 Å². The van der Waals surface area contributed by atoms with Crippen LogP contribution in [0.2, 0.25) is 0 Å². The van der Waals surface area contributed by atoms with E-state index in [0.29, 0.717) is 0 Å². The van der Waals surface area contributed by atoms with Crippen molar-refractivity contribution >= 4 is 5.97 Å². The van der Waals surface area contributed by atoms with Crippen LogP contribution in [-0.2, 0) is 0 Å². The Hall–Kier alpha value is -1.92. The van der Waals surface area contributed by atoms with Crippen LogP contribution in [0.3, 0.4) is 0 Å². The third-order valence-corrected chi connectivity index (χ3v) is 1.73. The Bertz CT molecular complexity index is 441. The summed E-state index contributed by atoms with van der Waals surface area (Å²) < 4.78 is 29.2. The molecule has 0 saturated carbocycles. The number of rotatable bonds is 3. The number of aromatic amines is 1. The van der Waals surface area contributed by atoms with E-state index < -0.39 is 29.1 Å². The second kappa shape index (κ2) is 4.07. The van der Waals surface area contributed by atoms with E-state index in [2.05, 4.69) is 4.74 Å². The van der Waals surface area contributed by atoms with Crippen LogP contribution in [0.4, 0.5) is 8.78 Å². The Morgan fingerprint density at radius 3 is 2.60 bits per heavy atom. The van der Waals surface area contributed by atoms with Gasteiger partial charge in [-0.25, -0.2) is 13.6 Å². The summed E-state index contributed by atoms with van der Waals surface area (Å²) in [5, 5.41) is 8.61. The van der Waals surface area contributed by atoms with Gasteiger partial charge in [-0.3, -0.25) is 4.79 Å². The number of aromatic carboxylic acids is 1. The molecule has 82 valence electrons. The minimum absolute atomic E-state index is 0.322. The van der Waals surface area contributed by atoms with Gasteiger partial charge in [-0.05, 0) is 0 Å². The first kappa shape index (κ1) is 11.2. The summed E-state index contributed by atoms with van der Waals surface area (Å²) in [6.45, 7) is 0. The molecule has 0 fully saturated rings. The zero-order valence-corrected chi connectivity index (χ0v) is 7.58. The molecule has 0 spiro atoms. The molecular formula is C8H7F2NO4. The number of carbonyl (C=O) groups is 1. The van der Waals surface area contributed by atoms with Gasteiger partial charge in [0.2, 0.25) is 5.43 Å². The van der Waals surface area contributed by atoms with Gasteiger partial charge in [0, 0.05) is 6.20 Å². The van der Waals surface area contributed by atoms with Crippen LogP contribution >= 0.6 is 0 Å². The number of carboxylic acids is 1. The Balaban J connectivity index is 3.52. The second-order valence-electron chi connectivity index (χ2n) is 2.58. The van der Waals surface area contributed by atoms with E-state index in [-0.39, 0.29) is 5.75 Å². The van der Waals surface area contributed by atoms with Gasteiger partial charge < -0.3 is 14.8 Å². The fourth-order valence-electron chi connectivity index (χ4n) is 1.06. The lowest BCUT2D eigenvalue weighted by Gasteiger charge is -2.06. The fourth-order valence-corrected chi connectivity index (χ4v) is 1.06. The molecule has 0 aliphatic carbocycles. The second-order valence-corrected chi connectivity index (χ2v) is 2.58. The number of H-pyrrole nitrogens is 1. The first-order valence-corrected chi connectivity index (χ1v) is 3.80. The van der Waals surface area contributed by atoms with Gasteiger partial charge in [0.05, 0.1) is 7.11 Å². The lowest BCUT2D eigenvalue weighted by atomic mass is 10.2. The van der Waals surface area contributed by atoms with Crippen LogP contribution in [0.1, 0.15) is 22.5 Å². The molecule has 0 aliphatic rings. The van der Waals surface area contributed by atoms with Crippen LogP contribution in [0.5, 0.6) is 5.75 Å². The first-order chi connectivity index (χ1) is 6.99. The molecule has 1 aromatic heterocycles. The molecule has 0 atom stereocenters. The first-order valence-electron chi connectivity index (χ1n) is 3.80. The van der Waals surface area contributed by atoms with E-state index in [9.17, 15) is 18.4 Å². The quantitative estimate of drug-likeness (QED) is 0.795. The SMILES string of the molecule is COc1c[nH]c(C(F)F)c(C(=O)O)c1=O. The maximum Gasteiger partial charge on any atom is 0.341 e. The highest BCUT2D eigenvalue weighted by molar-refractivity contribution is 5.89. The number of ether oxygens (including phenoxy) is 1. The molecule has 2 N–H and O–H groups in total. The number of methoxy groups -OCH3 is 1. The Morgan fingerprint density at radius 2 is 2.20 bits per heavy atom. The Kier molecular flexibility index (Phi) is 3.03. The molecule has 0 aromatic carbocycles. The van der Waals surface area contributed by atoms with Crippen LogP contribution in [0.15, 0.2) is 11.0 Å². The van der Waals surface area contributed by atoms with Crippen molar-refractivity contribution in [3.05, 3.63) is 27.7 Å². The molecule has 0 aliphatic heterocycles. The monoisotopic (exact) mass is 219 g/mol. The summed E-state index contributed by atoms with van der Waals surface area (Å²) >= 11 is 0. The number of hydrogen-bond acceptors (Lipinski definition) is 3. The molecule has 0 bridgehead atoms. The summed E-state index contributed by atoms with van der Waals surface area (Å²) in [6.07, 6.45) is -2.16. The van der Waals surface area contributed by atoms with Gasteiger partial charge in [-0.15, -0.1) is 0 Å². The molecule has 0 amide bonds. The number of nitrogens with one attached hydrogen (secondary N) is 1. The summed E-state index contributed by atoms with van der Waals surface area (Å²) in [4.78, 5) is 23.9. The van der Waals surface area contributed by atoms with Crippen molar-refractivity contribution in [3.63, 3.8) is 0 Å². The number of halogens is 2. The zero-order chi connectivity index (χ0) is 11.6. The highest BCUT2D eigenvalue weighted by Gasteiger charge is 2.23. The van der Waals surface area contributed by atoms with E-state index >= 15 is 0 Å². The maximum absolute atomic E-state index is 12.3. The highest BCUT2D eigenvalue weighted by atomic mass is 19.3. The molecule has 1 heterocycles. The number of hydrogen-bond donors (Lipinski definition) is 2. The van der Waals surface area contributed by atoms with Crippen molar-refractivity contribution in [2.45, 2.75) is 6.43 Å². The average molecular weight is 219 g/mol. The highest BCUT2D eigenvalue weighted by Crippen LogP contribution is 2.20. The van der Waals surface area contributed by atoms with Crippen LogP contribution in [-0.4, -0.2) is 23.2 Å². The van der Waals surface area contributed by atoms with Gasteiger partial charge in [0.1, 0.15) is 11.3 Å². The Labute approximate surface area is 82.3 Å². The number of alkyl halides is 2. The molecule has 1 rings (SSSR count). The lowest BCUT2D eigenvalue weighted by molar-refractivity contribution is 0.0680. The summed E-state index contributed by atoms with van der Waals surface area (Å²) in [6, 6.07) is 0. The molecular weight excluding hydrogens is 212 g/mol. The van der Waals surface area contributed by atoms with E-state index in [1.807, 2.05) is 4.98 Å². The largest absolute Gasteiger partial charge is 0.491 e. The van der Waals surface area contributed by atoms with Crippen molar-refractivity contribution in [2.24, 2.45) is 0 Å². The summed E-state index contributed by atoms with van der Waals surface area (Å²) in [7, 11) is 1.14. The van der Waals surface area contributed by atoms with E-state index in [1.165, 1.54) is 0 Å². The van der Waals surface area contributed by atoms with E-state index in [4.69, 9.17) is 5.11 Å². The summed E-state index contributed by atoms with van der Waals surface area (Å²) in [5.41, 5.74) is -2.99. The van der Waals surface area contributed by atoms with Gasteiger partial charge >= 0.3 is 5.97 Å². The smallest absolute Gasteiger partial charge is 0.341 e. The van der Waals surface area contributed by atoms with Crippen molar-refractivity contribution in [3.8, 4) is 5.75 Å². The standard InChI is InChI=1S/C8H7F2NO4/c1-15-3-2-11-5(7(9)10)4(6(3)12)8(13)14/h2,7H,1H3,(H,11,12)(H,13,14). The maximum atomic E-state index is 12.3. The molecule has 0 saturated heterocycles. The minimum atomic E-state index is -3.06. The lowest BCUT2D eigenvalue weighted by Crippen LogP contribution is -2.20. The van der Waals surface area contributed by atoms with Crippen molar-refractivity contribution in [1.29, 1.82) is 0 Å². The van der Waals surface area contributed by atoms with Gasteiger partial charge in [-0.1, -0.05) is 0 Å². The Morgan fingerprint density at radius 1 is 1.60 bits per heavy atom. The van der Waals surface area contributed by atoms with E-state index in [1.54, 1.807) is 0 Å². The predicted molar refractivity (Wildman–Crippen MR) is 45.5 cm³/mol. The van der Waals surface area contributed by atoms with Crippen LogP contribution < -0.4 is 10.2 Å². The van der Waals surface area contributed by atoms with E-state index in [0.717, 1.165) is 13.3 Å².